The molecule has 2 aliphatic heterocycles. The van der Waals surface area contributed by atoms with Crippen LogP contribution in [0.15, 0.2) is 0 Å². The van der Waals surface area contributed by atoms with Gasteiger partial charge in [-0.05, 0) is 57.0 Å². The number of hydrogen-bond donors (Lipinski definition) is 0. The van der Waals surface area contributed by atoms with E-state index in [0.717, 1.165) is 37.8 Å². The molecule has 2 rings (SSSR count). The van der Waals surface area contributed by atoms with Gasteiger partial charge in [-0.2, -0.15) is 0 Å². The van der Waals surface area contributed by atoms with Crippen molar-refractivity contribution in [3.8, 4) is 0 Å². The first-order chi connectivity index (χ1) is 10.2. The van der Waals surface area contributed by atoms with E-state index in [2.05, 4.69) is 23.6 Å². The van der Waals surface area contributed by atoms with Crippen LogP contribution in [0, 0.1) is 11.8 Å². The van der Waals surface area contributed by atoms with Gasteiger partial charge in [0, 0.05) is 26.1 Å². The summed E-state index contributed by atoms with van der Waals surface area (Å²) in [6, 6.07) is 0. The first-order valence-corrected chi connectivity index (χ1v) is 9.19. The van der Waals surface area contributed by atoms with Crippen LogP contribution in [-0.4, -0.2) is 48.4 Å². The Bertz CT molecular complexity index is 277. The van der Waals surface area contributed by atoms with E-state index in [9.17, 15) is 4.79 Å². The average molecular weight is 296 g/mol. The number of piperidine rings is 2. The Hall–Kier alpha value is -0.570. The number of nitrogens with zero attached hydrogens (tertiary/aromatic N) is 2. The summed E-state index contributed by atoms with van der Waals surface area (Å²) in [4.78, 5) is 16.6. The summed E-state index contributed by atoms with van der Waals surface area (Å²) in [6.45, 7) is 14.3. The third-order valence-electron chi connectivity index (χ3n) is 4.82. The molecule has 0 aromatic rings. The molecule has 1 amide bonds. The third-order valence-corrected chi connectivity index (χ3v) is 4.82. The highest BCUT2D eigenvalue weighted by atomic mass is 16.2. The zero-order valence-corrected chi connectivity index (χ0v) is 14.7. The summed E-state index contributed by atoms with van der Waals surface area (Å²) in [5, 5.41) is 0. The minimum Gasteiger partial charge on any atom is -0.343 e. The molecule has 124 valence electrons. The van der Waals surface area contributed by atoms with Gasteiger partial charge >= 0.3 is 0 Å². The average Bonchev–Trinajstić information content (AvgIpc) is 2.52. The molecule has 3 nitrogen and oxygen atoms in total. The monoisotopic (exact) mass is 296 g/mol. The van der Waals surface area contributed by atoms with E-state index in [1.165, 1.54) is 45.3 Å². The van der Waals surface area contributed by atoms with Crippen molar-refractivity contribution in [2.75, 3.05) is 32.7 Å². The van der Waals surface area contributed by atoms with Gasteiger partial charge in [0.15, 0.2) is 0 Å². The lowest BCUT2D eigenvalue weighted by Gasteiger charge is -2.37. The van der Waals surface area contributed by atoms with Gasteiger partial charge in [-0.3, -0.25) is 4.79 Å². The highest BCUT2D eigenvalue weighted by Gasteiger charge is 2.25. The van der Waals surface area contributed by atoms with Gasteiger partial charge in [0.1, 0.15) is 0 Å². The van der Waals surface area contributed by atoms with Crippen LogP contribution in [0.1, 0.15) is 66.2 Å². The predicted molar refractivity (Wildman–Crippen MR) is 90.4 cm³/mol. The summed E-state index contributed by atoms with van der Waals surface area (Å²) >= 11 is 0. The van der Waals surface area contributed by atoms with Gasteiger partial charge in [0.25, 0.3) is 0 Å². The highest BCUT2D eigenvalue weighted by molar-refractivity contribution is 5.76. The summed E-state index contributed by atoms with van der Waals surface area (Å²) in [5.41, 5.74) is 0. The maximum atomic E-state index is 11.8. The van der Waals surface area contributed by atoms with Crippen LogP contribution >= 0.6 is 0 Å². The van der Waals surface area contributed by atoms with Crippen LogP contribution < -0.4 is 0 Å². The summed E-state index contributed by atoms with van der Waals surface area (Å²) in [7, 11) is 0. The zero-order valence-electron chi connectivity index (χ0n) is 14.7. The van der Waals surface area contributed by atoms with Crippen LogP contribution in [0.5, 0.6) is 0 Å². The number of hydrogen-bond acceptors (Lipinski definition) is 2. The van der Waals surface area contributed by atoms with E-state index < -0.39 is 0 Å². The van der Waals surface area contributed by atoms with E-state index >= 15 is 0 Å². The molecule has 2 heterocycles. The van der Waals surface area contributed by atoms with Crippen molar-refractivity contribution in [3.05, 3.63) is 0 Å². The fourth-order valence-corrected chi connectivity index (χ4v) is 3.35. The molecule has 2 saturated heterocycles. The summed E-state index contributed by atoms with van der Waals surface area (Å²) < 4.78 is 0. The summed E-state index contributed by atoms with van der Waals surface area (Å²) in [6.07, 6.45) is 6.87. The number of rotatable bonds is 4. The molecule has 0 N–H and O–H groups in total. The molecule has 0 aromatic heterocycles. The van der Waals surface area contributed by atoms with E-state index in [0.29, 0.717) is 5.91 Å². The fraction of sp³-hybridized carbons (Fsp3) is 0.944. The van der Waals surface area contributed by atoms with Gasteiger partial charge in [-0.1, -0.05) is 27.7 Å². The van der Waals surface area contributed by atoms with Gasteiger partial charge in [0.05, 0.1) is 0 Å². The van der Waals surface area contributed by atoms with Crippen LogP contribution in [0.3, 0.4) is 0 Å². The van der Waals surface area contributed by atoms with E-state index in [4.69, 9.17) is 0 Å². The third kappa shape index (κ3) is 6.37. The molecular formula is C18H36N2O. The van der Waals surface area contributed by atoms with Crippen molar-refractivity contribution in [1.29, 1.82) is 0 Å². The number of carbonyl (C=O) groups excluding carboxylic acids is 1. The topological polar surface area (TPSA) is 23.6 Å². The van der Waals surface area contributed by atoms with Crippen LogP contribution in [0.2, 0.25) is 0 Å². The van der Waals surface area contributed by atoms with Crippen molar-refractivity contribution >= 4 is 5.91 Å². The van der Waals surface area contributed by atoms with Crippen molar-refractivity contribution in [2.45, 2.75) is 66.2 Å². The quantitative estimate of drug-likeness (QED) is 0.788. The van der Waals surface area contributed by atoms with E-state index in [-0.39, 0.29) is 0 Å². The van der Waals surface area contributed by atoms with Crippen molar-refractivity contribution in [2.24, 2.45) is 11.8 Å². The van der Waals surface area contributed by atoms with Gasteiger partial charge in [-0.15, -0.1) is 0 Å². The smallest absolute Gasteiger partial charge is 0.222 e. The Kier molecular flexibility index (Phi) is 8.98. The molecule has 0 aromatic carbocycles. The molecule has 0 spiro atoms. The van der Waals surface area contributed by atoms with Crippen LogP contribution in [-0.2, 0) is 4.79 Å². The van der Waals surface area contributed by atoms with E-state index in [1.54, 1.807) is 0 Å². The first kappa shape index (κ1) is 18.5. The predicted octanol–water partition coefficient (Wildman–Crippen LogP) is 3.78. The maximum Gasteiger partial charge on any atom is 0.222 e. The molecular weight excluding hydrogens is 260 g/mol. The Balaban J connectivity index is 0.00000106. The second-order valence-electron chi connectivity index (χ2n) is 6.56. The zero-order chi connectivity index (χ0) is 15.7. The van der Waals surface area contributed by atoms with Gasteiger partial charge in [-0.25, -0.2) is 0 Å². The molecule has 2 aliphatic rings. The lowest BCUT2D eigenvalue weighted by molar-refractivity contribution is -0.132. The van der Waals surface area contributed by atoms with Crippen molar-refractivity contribution in [3.63, 3.8) is 0 Å². The molecule has 0 radical (unpaired) electrons. The minimum absolute atomic E-state index is 0.368. The fourth-order valence-electron chi connectivity index (χ4n) is 3.35. The first-order valence-electron chi connectivity index (χ1n) is 9.19. The Labute approximate surface area is 132 Å². The molecule has 3 heteroatoms. The van der Waals surface area contributed by atoms with Crippen molar-refractivity contribution < 1.29 is 4.79 Å². The van der Waals surface area contributed by atoms with Crippen LogP contribution in [0.4, 0.5) is 0 Å². The normalized spacial score (nSPS) is 21.8. The summed E-state index contributed by atoms with van der Waals surface area (Å²) in [5.74, 6) is 2.11. The maximum absolute atomic E-state index is 11.8. The van der Waals surface area contributed by atoms with Gasteiger partial charge < -0.3 is 9.80 Å². The lowest BCUT2D eigenvalue weighted by atomic mass is 9.93. The highest BCUT2D eigenvalue weighted by Crippen LogP contribution is 2.22. The Morgan fingerprint density at radius 2 is 1.57 bits per heavy atom. The molecule has 0 unspecified atom stereocenters. The molecule has 0 atom stereocenters. The number of amides is 1. The number of carbonyl (C=O) groups is 1. The second kappa shape index (κ2) is 10.2. The standard InChI is InChI=1S/C16H30N2O.C2H6/c1-3-4-16(19)18-11-7-15(8-12-18)13-17-9-5-14(2)6-10-17;1-2/h14-15H,3-13H2,1-2H3;1-2H3. The van der Waals surface area contributed by atoms with Gasteiger partial charge in [0.2, 0.25) is 5.91 Å². The Morgan fingerprint density at radius 1 is 1.00 bits per heavy atom. The molecule has 0 aliphatic carbocycles. The Morgan fingerprint density at radius 3 is 2.10 bits per heavy atom. The number of likely N-dealkylation sites (tertiary alicyclic amines) is 2. The second-order valence-corrected chi connectivity index (χ2v) is 6.56. The molecule has 21 heavy (non-hydrogen) atoms. The van der Waals surface area contributed by atoms with E-state index in [1.807, 2.05) is 13.8 Å². The lowest BCUT2D eigenvalue weighted by Crippen LogP contribution is -2.43. The largest absolute Gasteiger partial charge is 0.343 e. The molecule has 2 fully saturated rings. The minimum atomic E-state index is 0.368. The van der Waals surface area contributed by atoms with Crippen molar-refractivity contribution in [1.82, 2.24) is 9.80 Å². The molecule has 0 bridgehead atoms. The van der Waals surface area contributed by atoms with Crippen LogP contribution in [0.25, 0.3) is 0 Å². The SMILES string of the molecule is CC.CCCC(=O)N1CCC(CN2CCC(C)CC2)CC1. The molecule has 0 saturated carbocycles.